The highest BCUT2D eigenvalue weighted by atomic mass is 35.5. The van der Waals surface area contributed by atoms with E-state index in [2.05, 4.69) is 11.9 Å². The first kappa shape index (κ1) is 13.7. The highest BCUT2D eigenvalue weighted by molar-refractivity contribution is 6.31. The van der Waals surface area contributed by atoms with Crippen LogP contribution in [0.1, 0.15) is 45.1 Å². The van der Waals surface area contributed by atoms with Gasteiger partial charge in [-0.05, 0) is 37.7 Å². The highest BCUT2D eigenvalue weighted by Crippen LogP contribution is 2.37. The number of anilines is 1. The van der Waals surface area contributed by atoms with Crippen molar-refractivity contribution in [3.05, 3.63) is 23.0 Å². The lowest BCUT2D eigenvalue weighted by Gasteiger charge is -2.29. The van der Waals surface area contributed by atoms with Gasteiger partial charge in [0.05, 0.1) is 16.1 Å². The quantitative estimate of drug-likeness (QED) is 0.883. The predicted octanol–water partition coefficient (Wildman–Crippen LogP) is 4.55. The van der Waals surface area contributed by atoms with Crippen molar-refractivity contribution < 1.29 is 4.39 Å². The lowest BCUT2D eigenvalue weighted by atomic mass is 9.84. The zero-order valence-electron chi connectivity index (χ0n) is 11.6. The van der Waals surface area contributed by atoms with E-state index in [-0.39, 0.29) is 5.02 Å². The van der Waals surface area contributed by atoms with E-state index in [0.717, 1.165) is 24.3 Å². The van der Waals surface area contributed by atoms with E-state index >= 15 is 0 Å². The van der Waals surface area contributed by atoms with Crippen LogP contribution >= 0.6 is 11.6 Å². The summed E-state index contributed by atoms with van der Waals surface area (Å²) in [5, 5.41) is 0.126. The fraction of sp³-hybridized carbons (Fsp3) is 0.533. The summed E-state index contributed by atoms with van der Waals surface area (Å²) in [6.45, 7) is 2.24. The molecule has 1 aromatic carbocycles. The number of benzene rings is 1. The average Bonchev–Trinajstić information content (AvgIpc) is 2.75. The van der Waals surface area contributed by atoms with Crippen LogP contribution in [0.15, 0.2) is 12.1 Å². The van der Waals surface area contributed by atoms with Gasteiger partial charge in [0, 0.05) is 12.1 Å². The van der Waals surface area contributed by atoms with E-state index in [1.165, 1.54) is 25.3 Å². The van der Waals surface area contributed by atoms with Crippen molar-refractivity contribution in [2.75, 3.05) is 5.73 Å². The van der Waals surface area contributed by atoms with Crippen LogP contribution in [-0.4, -0.2) is 9.55 Å². The molecule has 0 unspecified atom stereocenters. The largest absolute Gasteiger partial charge is 0.369 e. The number of hydrogen-bond acceptors (Lipinski definition) is 2. The molecule has 3 rings (SSSR count). The molecule has 3 nitrogen and oxygen atoms in total. The SMILES string of the molecule is CCC1CCC(n2c(N)nc3cc(F)c(Cl)cc32)CC1. The molecule has 5 heteroatoms. The molecule has 1 heterocycles. The Bertz CT molecular complexity index is 630. The third kappa shape index (κ3) is 2.26. The standard InChI is InChI=1S/C15H19ClFN3/c1-2-9-3-5-10(6-4-9)20-14-7-11(16)12(17)8-13(14)19-15(20)18/h7-10H,2-6H2,1H3,(H2,18,19). The summed E-state index contributed by atoms with van der Waals surface area (Å²) in [5.74, 6) is 0.836. The molecule has 0 spiro atoms. The number of nitrogens with two attached hydrogens (primary N) is 1. The summed E-state index contributed by atoms with van der Waals surface area (Å²) in [6.07, 6.45) is 5.88. The molecule has 1 aromatic heterocycles. The van der Waals surface area contributed by atoms with Crippen molar-refractivity contribution >= 4 is 28.6 Å². The van der Waals surface area contributed by atoms with Gasteiger partial charge in [0.25, 0.3) is 0 Å². The van der Waals surface area contributed by atoms with Crippen molar-refractivity contribution in [2.45, 2.75) is 45.1 Å². The topological polar surface area (TPSA) is 43.8 Å². The monoisotopic (exact) mass is 295 g/mol. The molecule has 0 aliphatic heterocycles. The van der Waals surface area contributed by atoms with Crippen LogP contribution in [0.25, 0.3) is 11.0 Å². The summed E-state index contributed by atoms with van der Waals surface area (Å²) in [6, 6.07) is 3.35. The van der Waals surface area contributed by atoms with Crippen LogP contribution in [-0.2, 0) is 0 Å². The van der Waals surface area contributed by atoms with E-state index < -0.39 is 5.82 Å². The molecule has 20 heavy (non-hydrogen) atoms. The molecule has 1 aliphatic carbocycles. The molecule has 0 radical (unpaired) electrons. The van der Waals surface area contributed by atoms with Crippen LogP contribution in [0.4, 0.5) is 10.3 Å². The van der Waals surface area contributed by atoms with Crippen molar-refractivity contribution in [3.8, 4) is 0 Å². The molecular weight excluding hydrogens is 277 g/mol. The number of fused-ring (bicyclic) bond motifs is 1. The maximum atomic E-state index is 13.5. The van der Waals surface area contributed by atoms with Crippen LogP contribution in [0.5, 0.6) is 0 Å². The molecular formula is C15H19ClFN3. The number of rotatable bonds is 2. The summed E-state index contributed by atoms with van der Waals surface area (Å²) >= 11 is 5.90. The van der Waals surface area contributed by atoms with Gasteiger partial charge < -0.3 is 10.3 Å². The van der Waals surface area contributed by atoms with E-state index in [4.69, 9.17) is 17.3 Å². The first-order chi connectivity index (χ1) is 9.60. The minimum absolute atomic E-state index is 0.126. The zero-order chi connectivity index (χ0) is 14.3. The first-order valence-corrected chi connectivity index (χ1v) is 7.60. The number of halogens is 2. The van der Waals surface area contributed by atoms with Crippen molar-refractivity contribution in [3.63, 3.8) is 0 Å². The lowest BCUT2D eigenvalue weighted by Crippen LogP contribution is -2.19. The highest BCUT2D eigenvalue weighted by Gasteiger charge is 2.24. The van der Waals surface area contributed by atoms with Crippen LogP contribution in [0, 0.1) is 11.7 Å². The van der Waals surface area contributed by atoms with E-state index in [9.17, 15) is 4.39 Å². The summed E-state index contributed by atoms with van der Waals surface area (Å²) < 4.78 is 15.5. The lowest BCUT2D eigenvalue weighted by molar-refractivity contribution is 0.275. The van der Waals surface area contributed by atoms with Gasteiger partial charge in [-0.15, -0.1) is 0 Å². The Balaban J connectivity index is 1.99. The zero-order valence-corrected chi connectivity index (χ0v) is 12.3. The number of nitrogens with zero attached hydrogens (tertiary/aromatic N) is 2. The molecule has 2 aromatic rings. The average molecular weight is 296 g/mol. The van der Waals surface area contributed by atoms with Crippen LogP contribution < -0.4 is 5.73 Å². The molecule has 0 amide bonds. The maximum absolute atomic E-state index is 13.5. The van der Waals surface area contributed by atoms with E-state index in [1.807, 2.05) is 4.57 Å². The first-order valence-electron chi connectivity index (χ1n) is 7.22. The number of imidazole rings is 1. The third-order valence-corrected chi connectivity index (χ3v) is 4.81. The summed E-state index contributed by atoms with van der Waals surface area (Å²) in [7, 11) is 0. The van der Waals surface area contributed by atoms with Crippen LogP contribution in [0.2, 0.25) is 5.02 Å². The van der Waals surface area contributed by atoms with Gasteiger partial charge in [-0.1, -0.05) is 24.9 Å². The number of aromatic nitrogens is 2. The molecule has 0 saturated heterocycles. The second-order valence-electron chi connectivity index (χ2n) is 5.68. The third-order valence-electron chi connectivity index (χ3n) is 4.52. The van der Waals surface area contributed by atoms with Crippen molar-refractivity contribution in [2.24, 2.45) is 5.92 Å². The van der Waals surface area contributed by atoms with Gasteiger partial charge in [-0.3, -0.25) is 0 Å². The Morgan fingerprint density at radius 1 is 1.35 bits per heavy atom. The second kappa shape index (κ2) is 5.24. The molecule has 1 saturated carbocycles. The number of hydrogen-bond donors (Lipinski definition) is 1. The van der Waals surface area contributed by atoms with Gasteiger partial charge in [-0.2, -0.15) is 0 Å². The van der Waals surface area contributed by atoms with Gasteiger partial charge >= 0.3 is 0 Å². The molecule has 0 bridgehead atoms. The van der Waals surface area contributed by atoms with Crippen LogP contribution in [0.3, 0.4) is 0 Å². The number of nitrogen functional groups attached to an aromatic ring is 1. The van der Waals surface area contributed by atoms with Crippen molar-refractivity contribution in [1.29, 1.82) is 0 Å². The second-order valence-corrected chi connectivity index (χ2v) is 6.09. The minimum Gasteiger partial charge on any atom is -0.369 e. The molecule has 108 valence electrons. The minimum atomic E-state index is -0.446. The predicted molar refractivity (Wildman–Crippen MR) is 80.4 cm³/mol. The normalized spacial score (nSPS) is 23.4. The summed E-state index contributed by atoms with van der Waals surface area (Å²) in [5.41, 5.74) is 7.46. The fourth-order valence-electron chi connectivity index (χ4n) is 3.30. The van der Waals surface area contributed by atoms with E-state index in [1.54, 1.807) is 6.07 Å². The van der Waals surface area contributed by atoms with Gasteiger partial charge in [0.15, 0.2) is 0 Å². The maximum Gasteiger partial charge on any atom is 0.201 e. The smallest absolute Gasteiger partial charge is 0.201 e. The van der Waals surface area contributed by atoms with Gasteiger partial charge in [0.2, 0.25) is 5.95 Å². The van der Waals surface area contributed by atoms with Gasteiger partial charge in [0.1, 0.15) is 5.82 Å². The Hall–Kier alpha value is -1.29. The van der Waals surface area contributed by atoms with Gasteiger partial charge in [-0.25, -0.2) is 9.37 Å². The van der Waals surface area contributed by atoms with E-state index in [0.29, 0.717) is 17.5 Å². The Morgan fingerprint density at radius 3 is 2.70 bits per heavy atom. The Morgan fingerprint density at radius 2 is 2.05 bits per heavy atom. The molecule has 1 fully saturated rings. The Kier molecular flexibility index (Phi) is 3.59. The van der Waals surface area contributed by atoms with Crippen molar-refractivity contribution in [1.82, 2.24) is 9.55 Å². The molecule has 0 atom stereocenters. The summed E-state index contributed by atoms with van der Waals surface area (Å²) in [4.78, 5) is 4.27. The molecule has 2 N–H and O–H groups in total. The molecule has 1 aliphatic rings. The Labute approximate surface area is 122 Å². The fourth-order valence-corrected chi connectivity index (χ4v) is 3.46.